The second-order valence-corrected chi connectivity index (χ2v) is 8.55. The molecular formula is C26H26F3N3O2. The van der Waals surface area contributed by atoms with Gasteiger partial charge in [0.25, 0.3) is 5.91 Å². The number of hydrogen-bond donors (Lipinski definition) is 0. The summed E-state index contributed by atoms with van der Waals surface area (Å²) >= 11 is 0. The lowest BCUT2D eigenvalue weighted by molar-refractivity contribution is 0.0993. The van der Waals surface area contributed by atoms with Crippen molar-refractivity contribution in [3.05, 3.63) is 83.7 Å². The number of ether oxygens (including phenoxy) is 1. The third-order valence-corrected chi connectivity index (χ3v) is 6.08. The third-order valence-electron chi connectivity index (χ3n) is 6.08. The van der Waals surface area contributed by atoms with Gasteiger partial charge in [-0.2, -0.15) is 0 Å². The van der Waals surface area contributed by atoms with Crippen LogP contribution in [0.5, 0.6) is 11.5 Å². The Hall–Kier alpha value is -3.52. The Morgan fingerprint density at radius 3 is 2.29 bits per heavy atom. The average Bonchev–Trinajstić information content (AvgIpc) is 3.31. The van der Waals surface area contributed by atoms with Gasteiger partial charge in [-0.3, -0.25) is 4.79 Å². The average molecular weight is 470 g/mol. The molecule has 1 fully saturated rings. The van der Waals surface area contributed by atoms with E-state index in [0.717, 1.165) is 31.6 Å². The van der Waals surface area contributed by atoms with Gasteiger partial charge in [0.1, 0.15) is 17.4 Å². The van der Waals surface area contributed by atoms with Gasteiger partial charge in [-0.05, 0) is 75.1 Å². The molecule has 0 bridgehead atoms. The summed E-state index contributed by atoms with van der Waals surface area (Å²) in [6, 6.07) is 14.3. The van der Waals surface area contributed by atoms with Crippen LogP contribution in [0.3, 0.4) is 0 Å². The second kappa shape index (κ2) is 9.77. The molecule has 3 aromatic carbocycles. The Balaban J connectivity index is 1.44. The summed E-state index contributed by atoms with van der Waals surface area (Å²) in [5.41, 5.74) is 1.32. The highest BCUT2D eigenvalue weighted by atomic mass is 19.1. The predicted octanol–water partition coefficient (Wildman–Crippen LogP) is 5.31. The second-order valence-electron chi connectivity index (χ2n) is 8.55. The van der Waals surface area contributed by atoms with Crippen LogP contribution in [-0.2, 0) is 0 Å². The number of amides is 1. The van der Waals surface area contributed by atoms with E-state index in [9.17, 15) is 18.0 Å². The van der Waals surface area contributed by atoms with Crippen molar-refractivity contribution in [3.8, 4) is 11.5 Å². The number of carbonyl (C=O) groups excluding carboxylic acids is 1. The number of carbonyl (C=O) groups is 1. The first-order valence-corrected chi connectivity index (χ1v) is 10.9. The smallest absolute Gasteiger partial charge is 0.258 e. The number of likely N-dealkylation sites (N-methyl/N-ethyl adjacent to an activating group) is 1. The molecule has 0 spiro atoms. The molecule has 0 aliphatic carbocycles. The quantitative estimate of drug-likeness (QED) is 0.490. The largest absolute Gasteiger partial charge is 0.454 e. The van der Waals surface area contributed by atoms with Gasteiger partial charge in [0, 0.05) is 43.5 Å². The topological polar surface area (TPSA) is 36.0 Å². The minimum absolute atomic E-state index is 0.122. The lowest BCUT2D eigenvalue weighted by atomic mass is 10.1. The van der Waals surface area contributed by atoms with E-state index in [1.165, 1.54) is 41.3 Å². The van der Waals surface area contributed by atoms with Crippen LogP contribution in [0.25, 0.3) is 0 Å². The molecule has 5 nitrogen and oxygen atoms in total. The van der Waals surface area contributed by atoms with E-state index in [-0.39, 0.29) is 17.5 Å². The van der Waals surface area contributed by atoms with Gasteiger partial charge in [-0.1, -0.05) is 0 Å². The first-order valence-electron chi connectivity index (χ1n) is 10.9. The molecule has 34 heavy (non-hydrogen) atoms. The zero-order chi connectivity index (χ0) is 24.4. The van der Waals surface area contributed by atoms with E-state index in [2.05, 4.69) is 4.90 Å². The van der Waals surface area contributed by atoms with Crippen molar-refractivity contribution in [1.29, 1.82) is 0 Å². The van der Waals surface area contributed by atoms with Gasteiger partial charge >= 0.3 is 0 Å². The summed E-state index contributed by atoms with van der Waals surface area (Å²) in [4.78, 5) is 18.5. The van der Waals surface area contributed by atoms with E-state index >= 15 is 0 Å². The highest BCUT2D eigenvalue weighted by Crippen LogP contribution is 2.29. The molecule has 0 saturated carbocycles. The zero-order valence-corrected chi connectivity index (χ0v) is 19.3. The molecular weight excluding hydrogens is 443 g/mol. The van der Waals surface area contributed by atoms with Crippen molar-refractivity contribution in [2.45, 2.75) is 12.5 Å². The zero-order valence-electron chi connectivity index (χ0n) is 19.3. The van der Waals surface area contributed by atoms with Crippen molar-refractivity contribution >= 4 is 17.3 Å². The van der Waals surface area contributed by atoms with Gasteiger partial charge < -0.3 is 19.4 Å². The molecule has 1 amide bonds. The van der Waals surface area contributed by atoms with Gasteiger partial charge in [-0.25, -0.2) is 13.2 Å². The van der Waals surface area contributed by atoms with E-state index < -0.39 is 11.6 Å². The summed E-state index contributed by atoms with van der Waals surface area (Å²) < 4.78 is 47.2. The maximum Gasteiger partial charge on any atom is 0.258 e. The predicted molar refractivity (Wildman–Crippen MR) is 126 cm³/mol. The number of rotatable bonds is 6. The molecule has 1 aliphatic rings. The van der Waals surface area contributed by atoms with Crippen LogP contribution in [0.4, 0.5) is 24.5 Å². The van der Waals surface area contributed by atoms with Gasteiger partial charge in [0.2, 0.25) is 0 Å². The van der Waals surface area contributed by atoms with Crippen molar-refractivity contribution < 1.29 is 22.7 Å². The monoisotopic (exact) mass is 469 g/mol. The molecule has 1 aliphatic heterocycles. The van der Waals surface area contributed by atoms with Gasteiger partial charge in [-0.15, -0.1) is 0 Å². The van der Waals surface area contributed by atoms with Crippen LogP contribution in [-0.4, -0.2) is 51.1 Å². The maximum atomic E-state index is 14.9. The standard InChI is InChI=1S/C26H26F3N3O2/c1-30(2)20-12-13-32(16-20)24-10-7-19(15-22(24)28)31(3)26(33)17-4-8-21(9-5-17)34-25-11-6-18(27)14-23(25)29/h4-11,14-15,20H,12-13,16H2,1-3H3. The molecule has 1 unspecified atom stereocenters. The molecule has 0 aromatic heterocycles. The molecule has 1 atom stereocenters. The fraction of sp³-hybridized carbons (Fsp3) is 0.269. The summed E-state index contributed by atoms with van der Waals surface area (Å²) in [5, 5.41) is 0. The number of hydrogen-bond acceptors (Lipinski definition) is 4. The van der Waals surface area contributed by atoms with Gasteiger partial charge in [0.15, 0.2) is 11.6 Å². The summed E-state index contributed by atoms with van der Waals surface area (Å²) in [5.74, 6) is -2.06. The van der Waals surface area contributed by atoms with E-state index in [0.29, 0.717) is 28.7 Å². The van der Waals surface area contributed by atoms with Crippen LogP contribution in [0.2, 0.25) is 0 Å². The third kappa shape index (κ3) is 5.02. The van der Waals surface area contributed by atoms with Gasteiger partial charge in [0.05, 0.1) is 5.69 Å². The van der Waals surface area contributed by atoms with E-state index in [1.54, 1.807) is 19.2 Å². The lowest BCUT2D eigenvalue weighted by Gasteiger charge is -2.23. The molecule has 4 rings (SSSR count). The fourth-order valence-corrected chi connectivity index (χ4v) is 4.00. The fourth-order valence-electron chi connectivity index (χ4n) is 4.00. The first-order chi connectivity index (χ1) is 16.2. The van der Waals surface area contributed by atoms with Crippen LogP contribution >= 0.6 is 0 Å². The van der Waals surface area contributed by atoms with Crippen LogP contribution in [0, 0.1) is 17.5 Å². The lowest BCUT2D eigenvalue weighted by Crippen LogP contribution is -2.31. The molecule has 0 N–H and O–H groups in total. The Kier molecular flexibility index (Phi) is 6.79. The highest BCUT2D eigenvalue weighted by molar-refractivity contribution is 6.05. The Labute approximate surface area is 197 Å². The molecule has 178 valence electrons. The van der Waals surface area contributed by atoms with E-state index in [4.69, 9.17) is 4.74 Å². The molecule has 8 heteroatoms. The SMILES string of the molecule is CN(C(=O)c1ccc(Oc2ccc(F)cc2F)cc1)c1ccc(N2CCC(N(C)C)C2)c(F)c1. The molecule has 3 aromatic rings. The van der Waals surface area contributed by atoms with Crippen molar-refractivity contribution in [2.24, 2.45) is 0 Å². The first kappa shape index (κ1) is 23.6. The highest BCUT2D eigenvalue weighted by Gasteiger charge is 2.26. The summed E-state index contributed by atoms with van der Waals surface area (Å²) in [6.45, 7) is 1.54. The van der Waals surface area contributed by atoms with E-state index in [1.807, 2.05) is 19.0 Å². The Morgan fingerprint density at radius 2 is 1.68 bits per heavy atom. The van der Waals surface area contributed by atoms with Crippen molar-refractivity contribution in [1.82, 2.24) is 4.90 Å². The molecule has 1 saturated heterocycles. The molecule has 0 radical (unpaired) electrons. The summed E-state index contributed by atoms with van der Waals surface area (Å²) in [6.07, 6.45) is 0.972. The van der Waals surface area contributed by atoms with Crippen LogP contribution in [0.15, 0.2) is 60.7 Å². The normalized spacial score (nSPS) is 15.6. The Morgan fingerprint density at radius 1 is 0.941 bits per heavy atom. The van der Waals surface area contributed by atoms with Crippen molar-refractivity contribution in [2.75, 3.05) is 44.0 Å². The number of halogens is 3. The number of anilines is 2. The van der Waals surface area contributed by atoms with Crippen LogP contribution in [0.1, 0.15) is 16.8 Å². The summed E-state index contributed by atoms with van der Waals surface area (Å²) in [7, 11) is 5.62. The minimum Gasteiger partial charge on any atom is -0.454 e. The van der Waals surface area contributed by atoms with Crippen molar-refractivity contribution in [3.63, 3.8) is 0 Å². The number of nitrogens with zero attached hydrogens (tertiary/aromatic N) is 3. The Bertz CT molecular complexity index is 1180. The maximum absolute atomic E-state index is 14.9. The minimum atomic E-state index is -0.823. The van der Waals surface area contributed by atoms with Crippen LogP contribution < -0.4 is 14.5 Å². The number of benzene rings is 3. The molecule has 1 heterocycles.